The number of amides is 1. The standard InChI is InChI=1S/C25H29N5O2/c26-25(32)21-16-27-24(15-22(21)29-23(17-31)18-7-3-1-4-8-18)28-19-9-11-20(12-10-19)30-13-5-2-6-14-30/h1,3-4,7-12,15-16,23,31H,2,5-6,13-14,17H2,(H2,26,32)(H2,27,28,29). The molecule has 1 unspecified atom stereocenters. The van der Waals surface area contributed by atoms with Gasteiger partial charge in [-0.25, -0.2) is 4.98 Å². The predicted octanol–water partition coefficient (Wildman–Crippen LogP) is 4.06. The highest BCUT2D eigenvalue weighted by Gasteiger charge is 2.16. The summed E-state index contributed by atoms with van der Waals surface area (Å²) in [6.45, 7) is 2.07. The lowest BCUT2D eigenvalue weighted by Crippen LogP contribution is -2.29. The van der Waals surface area contributed by atoms with Crippen molar-refractivity contribution in [2.24, 2.45) is 5.73 Å². The number of benzene rings is 2. The fraction of sp³-hybridized carbons (Fsp3) is 0.280. The highest BCUT2D eigenvalue weighted by molar-refractivity contribution is 5.98. The molecule has 32 heavy (non-hydrogen) atoms. The van der Waals surface area contributed by atoms with Crippen molar-refractivity contribution >= 4 is 28.8 Å². The third kappa shape index (κ3) is 5.18. The molecule has 3 aromatic rings. The summed E-state index contributed by atoms with van der Waals surface area (Å²) in [5.74, 6) is -0.00448. The first-order valence-corrected chi connectivity index (χ1v) is 11.0. The second-order valence-corrected chi connectivity index (χ2v) is 7.99. The van der Waals surface area contributed by atoms with Crippen LogP contribution in [0.25, 0.3) is 0 Å². The molecule has 0 saturated carbocycles. The lowest BCUT2D eigenvalue weighted by atomic mass is 10.1. The van der Waals surface area contributed by atoms with E-state index in [2.05, 4.69) is 32.7 Å². The molecule has 166 valence electrons. The van der Waals surface area contributed by atoms with Gasteiger partial charge in [0.25, 0.3) is 5.91 Å². The summed E-state index contributed by atoms with van der Waals surface area (Å²) in [6, 6.07) is 19.2. The molecular weight excluding hydrogens is 402 g/mol. The van der Waals surface area contributed by atoms with E-state index in [0.29, 0.717) is 11.5 Å². The molecule has 1 amide bonds. The first kappa shape index (κ1) is 21.6. The maximum absolute atomic E-state index is 11.9. The third-order valence-corrected chi connectivity index (χ3v) is 5.74. The number of anilines is 4. The molecule has 7 nitrogen and oxygen atoms in total. The third-order valence-electron chi connectivity index (χ3n) is 5.74. The topological polar surface area (TPSA) is 104 Å². The Morgan fingerprint density at radius 2 is 1.78 bits per heavy atom. The Labute approximate surface area is 188 Å². The molecular formula is C25H29N5O2. The van der Waals surface area contributed by atoms with Gasteiger partial charge in [0.1, 0.15) is 5.82 Å². The Hall–Kier alpha value is -3.58. The number of nitrogens with zero attached hydrogens (tertiary/aromatic N) is 2. The van der Waals surface area contributed by atoms with Crippen molar-refractivity contribution in [2.45, 2.75) is 25.3 Å². The van der Waals surface area contributed by atoms with Crippen molar-refractivity contribution in [1.82, 2.24) is 4.98 Å². The van der Waals surface area contributed by atoms with Gasteiger partial charge in [-0.15, -0.1) is 0 Å². The molecule has 1 aliphatic rings. The number of rotatable bonds is 8. The van der Waals surface area contributed by atoms with Crippen LogP contribution in [0.15, 0.2) is 66.9 Å². The summed E-state index contributed by atoms with van der Waals surface area (Å²) in [7, 11) is 0. The average Bonchev–Trinajstić information content (AvgIpc) is 2.84. The Balaban J connectivity index is 1.53. The second kappa shape index (κ2) is 10.2. The zero-order valence-corrected chi connectivity index (χ0v) is 18.0. The van der Waals surface area contributed by atoms with Crippen molar-refractivity contribution in [3.63, 3.8) is 0 Å². The van der Waals surface area contributed by atoms with Gasteiger partial charge in [-0.3, -0.25) is 4.79 Å². The smallest absolute Gasteiger partial charge is 0.252 e. The van der Waals surface area contributed by atoms with E-state index in [0.717, 1.165) is 24.3 Å². The predicted molar refractivity (Wildman–Crippen MR) is 128 cm³/mol. The van der Waals surface area contributed by atoms with Crippen LogP contribution in [0.4, 0.5) is 22.9 Å². The van der Waals surface area contributed by atoms with Crippen LogP contribution in [-0.2, 0) is 0 Å². The Kier molecular flexibility index (Phi) is 6.87. The largest absolute Gasteiger partial charge is 0.394 e. The summed E-state index contributed by atoms with van der Waals surface area (Å²) < 4.78 is 0. The van der Waals surface area contributed by atoms with Gasteiger partial charge in [0, 0.05) is 36.7 Å². The number of aliphatic hydroxyl groups excluding tert-OH is 1. The van der Waals surface area contributed by atoms with Gasteiger partial charge in [0.05, 0.1) is 23.9 Å². The average molecular weight is 432 g/mol. The van der Waals surface area contributed by atoms with Gasteiger partial charge in [-0.2, -0.15) is 0 Å². The number of hydrogen-bond acceptors (Lipinski definition) is 6. The normalized spacial score (nSPS) is 14.6. The fourth-order valence-corrected chi connectivity index (χ4v) is 4.00. The van der Waals surface area contributed by atoms with E-state index in [1.54, 1.807) is 6.07 Å². The number of carbonyl (C=O) groups excluding carboxylic acids is 1. The SMILES string of the molecule is NC(=O)c1cnc(Nc2ccc(N3CCCCC3)cc2)cc1NC(CO)c1ccccc1. The molecule has 7 heteroatoms. The number of primary amides is 1. The van der Waals surface area contributed by atoms with E-state index in [-0.39, 0.29) is 18.2 Å². The van der Waals surface area contributed by atoms with Crippen LogP contribution >= 0.6 is 0 Å². The minimum atomic E-state index is -0.581. The van der Waals surface area contributed by atoms with Crippen molar-refractivity contribution in [1.29, 1.82) is 0 Å². The van der Waals surface area contributed by atoms with Crippen LogP contribution in [0, 0.1) is 0 Å². The molecule has 0 bridgehead atoms. The van der Waals surface area contributed by atoms with Crippen molar-refractivity contribution in [2.75, 3.05) is 35.2 Å². The van der Waals surface area contributed by atoms with Crippen LogP contribution in [-0.4, -0.2) is 35.7 Å². The van der Waals surface area contributed by atoms with E-state index in [1.807, 2.05) is 42.5 Å². The molecule has 0 spiro atoms. The zero-order valence-electron chi connectivity index (χ0n) is 18.0. The minimum absolute atomic E-state index is 0.134. The van der Waals surface area contributed by atoms with Gasteiger partial charge >= 0.3 is 0 Å². The minimum Gasteiger partial charge on any atom is -0.394 e. The molecule has 2 heterocycles. The van der Waals surface area contributed by atoms with Crippen LogP contribution in [0.2, 0.25) is 0 Å². The highest BCUT2D eigenvalue weighted by atomic mass is 16.3. The van der Waals surface area contributed by atoms with E-state index in [1.165, 1.54) is 31.1 Å². The van der Waals surface area contributed by atoms with Crippen LogP contribution in [0.5, 0.6) is 0 Å². The molecule has 1 aliphatic heterocycles. The Morgan fingerprint density at radius 3 is 2.44 bits per heavy atom. The number of nitrogens with two attached hydrogens (primary N) is 1. The van der Waals surface area contributed by atoms with Gasteiger partial charge in [-0.05, 0) is 49.1 Å². The lowest BCUT2D eigenvalue weighted by Gasteiger charge is -2.28. The van der Waals surface area contributed by atoms with Crippen molar-refractivity contribution in [3.8, 4) is 0 Å². The first-order valence-electron chi connectivity index (χ1n) is 11.0. The molecule has 1 fully saturated rings. The Bertz CT molecular complexity index is 1030. The van der Waals surface area contributed by atoms with E-state index < -0.39 is 5.91 Å². The summed E-state index contributed by atoms with van der Waals surface area (Å²) in [5, 5.41) is 16.4. The molecule has 1 aromatic heterocycles. The van der Waals surface area contributed by atoms with Crippen LogP contribution in [0.1, 0.15) is 41.2 Å². The van der Waals surface area contributed by atoms with Crippen LogP contribution < -0.4 is 21.3 Å². The molecule has 0 radical (unpaired) electrons. The molecule has 1 saturated heterocycles. The van der Waals surface area contributed by atoms with E-state index >= 15 is 0 Å². The summed E-state index contributed by atoms with van der Waals surface area (Å²) in [5.41, 5.74) is 9.37. The summed E-state index contributed by atoms with van der Waals surface area (Å²) >= 11 is 0. The number of piperidine rings is 1. The van der Waals surface area contributed by atoms with Crippen molar-refractivity contribution in [3.05, 3.63) is 78.0 Å². The highest BCUT2D eigenvalue weighted by Crippen LogP contribution is 2.27. The summed E-state index contributed by atoms with van der Waals surface area (Å²) in [4.78, 5) is 18.7. The van der Waals surface area contributed by atoms with Gasteiger partial charge in [-0.1, -0.05) is 30.3 Å². The zero-order chi connectivity index (χ0) is 22.3. The number of hydrogen-bond donors (Lipinski definition) is 4. The van der Waals surface area contributed by atoms with Gasteiger partial charge in [0.15, 0.2) is 0 Å². The Morgan fingerprint density at radius 1 is 1.06 bits per heavy atom. The molecule has 1 atom stereocenters. The quantitative estimate of drug-likeness (QED) is 0.429. The maximum Gasteiger partial charge on any atom is 0.252 e. The van der Waals surface area contributed by atoms with Crippen molar-refractivity contribution < 1.29 is 9.90 Å². The maximum atomic E-state index is 11.9. The monoisotopic (exact) mass is 431 g/mol. The lowest BCUT2D eigenvalue weighted by molar-refractivity contribution is 0.100. The number of nitrogens with one attached hydrogen (secondary N) is 2. The number of aromatic nitrogens is 1. The first-order chi connectivity index (χ1) is 15.6. The summed E-state index contributed by atoms with van der Waals surface area (Å²) in [6.07, 6.45) is 5.24. The molecule has 4 rings (SSSR count). The van der Waals surface area contributed by atoms with E-state index in [9.17, 15) is 9.90 Å². The molecule has 0 aliphatic carbocycles. The van der Waals surface area contributed by atoms with Gasteiger partial charge < -0.3 is 26.4 Å². The second-order valence-electron chi connectivity index (χ2n) is 7.99. The number of pyridine rings is 1. The molecule has 2 aromatic carbocycles. The fourth-order valence-electron chi connectivity index (χ4n) is 4.00. The number of aliphatic hydroxyl groups is 1. The van der Waals surface area contributed by atoms with E-state index in [4.69, 9.17) is 5.73 Å². The number of carbonyl (C=O) groups is 1. The van der Waals surface area contributed by atoms with Gasteiger partial charge in [0.2, 0.25) is 0 Å². The molecule has 5 N–H and O–H groups in total. The van der Waals surface area contributed by atoms with Crippen LogP contribution in [0.3, 0.4) is 0 Å².